The molecule has 17 heavy (non-hydrogen) atoms. The summed E-state index contributed by atoms with van der Waals surface area (Å²) in [5.74, 6) is -0.534. The average molecular weight is 234 g/mol. The number of hydrogen-bond donors (Lipinski definition) is 2. The largest absolute Gasteiger partial charge is 0.507 e. The standard InChI is InChI=1S/C14H18O3/c15-13-7-6-11(9-12(13)14(16)17)8-10-4-2-1-3-5-10/h6-7,9-10,15H,1-5,8H2,(H,16,17). The molecule has 0 bridgehead atoms. The number of carboxylic acid groups (broad SMARTS) is 1. The number of phenols is 1. The van der Waals surface area contributed by atoms with Crippen LogP contribution in [0.1, 0.15) is 48.0 Å². The zero-order valence-electron chi connectivity index (χ0n) is 9.85. The van der Waals surface area contributed by atoms with Crippen LogP contribution in [0.15, 0.2) is 18.2 Å². The van der Waals surface area contributed by atoms with E-state index in [1.165, 1.54) is 38.2 Å². The molecule has 0 amide bonds. The van der Waals surface area contributed by atoms with Gasteiger partial charge in [0.05, 0.1) is 0 Å². The van der Waals surface area contributed by atoms with Crippen molar-refractivity contribution in [2.75, 3.05) is 0 Å². The zero-order chi connectivity index (χ0) is 12.3. The smallest absolute Gasteiger partial charge is 0.339 e. The Kier molecular flexibility index (Phi) is 3.67. The normalized spacial score (nSPS) is 16.9. The lowest BCUT2D eigenvalue weighted by Crippen LogP contribution is -2.09. The van der Waals surface area contributed by atoms with Crippen molar-refractivity contribution in [1.29, 1.82) is 0 Å². The Balaban J connectivity index is 2.10. The summed E-state index contributed by atoms with van der Waals surface area (Å²) < 4.78 is 0. The minimum absolute atomic E-state index is 0.0123. The Bertz CT molecular complexity index is 406. The van der Waals surface area contributed by atoms with Crippen molar-refractivity contribution < 1.29 is 15.0 Å². The van der Waals surface area contributed by atoms with Crippen LogP contribution in [0.2, 0.25) is 0 Å². The van der Waals surface area contributed by atoms with E-state index >= 15 is 0 Å². The van der Waals surface area contributed by atoms with Crippen LogP contribution < -0.4 is 0 Å². The summed E-state index contributed by atoms with van der Waals surface area (Å²) >= 11 is 0. The summed E-state index contributed by atoms with van der Waals surface area (Å²) in [5.41, 5.74) is 1.03. The number of hydrogen-bond acceptors (Lipinski definition) is 2. The second kappa shape index (κ2) is 5.21. The summed E-state index contributed by atoms with van der Waals surface area (Å²) in [6, 6.07) is 4.92. The van der Waals surface area contributed by atoms with Gasteiger partial charge in [0.15, 0.2) is 0 Å². The predicted octanol–water partition coefficient (Wildman–Crippen LogP) is 3.21. The molecular weight excluding hydrogens is 216 g/mol. The molecule has 0 unspecified atom stereocenters. The van der Waals surface area contributed by atoms with Crippen LogP contribution in [-0.2, 0) is 6.42 Å². The van der Waals surface area contributed by atoms with Crippen molar-refractivity contribution in [3.63, 3.8) is 0 Å². The Morgan fingerprint density at radius 1 is 1.24 bits per heavy atom. The molecule has 3 nitrogen and oxygen atoms in total. The van der Waals surface area contributed by atoms with E-state index in [9.17, 15) is 9.90 Å². The number of carbonyl (C=O) groups is 1. The highest BCUT2D eigenvalue weighted by molar-refractivity contribution is 5.90. The lowest BCUT2D eigenvalue weighted by Gasteiger charge is -2.21. The molecule has 1 aromatic carbocycles. The van der Waals surface area contributed by atoms with E-state index < -0.39 is 5.97 Å². The maximum Gasteiger partial charge on any atom is 0.339 e. The molecule has 92 valence electrons. The number of carboxylic acids is 1. The zero-order valence-corrected chi connectivity index (χ0v) is 9.85. The Hall–Kier alpha value is -1.51. The first-order valence-corrected chi connectivity index (χ1v) is 6.22. The molecule has 1 aliphatic rings. The van der Waals surface area contributed by atoms with Gasteiger partial charge in [0.1, 0.15) is 11.3 Å². The van der Waals surface area contributed by atoms with Crippen LogP contribution in [-0.4, -0.2) is 16.2 Å². The van der Waals surface area contributed by atoms with Gasteiger partial charge in [-0.1, -0.05) is 38.2 Å². The summed E-state index contributed by atoms with van der Waals surface area (Å²) in [6.45, 7) is 0. The fourth-order valence-corrected chi connectivity index (χ4v) is 2.61. The molecule has 1 fully saturated rings. The number of rotatable bonds is 3. The maximum absolute atomic E-state index is 10.9. The third-order valence-electron chi connectivity index (χ3n) is 3.54. The molecule has 0 aromatic heterocycles. The van der Waals surface area contributed by atoms with Crippen LogP contribution in [0.3, 0.4) is 0 Å². The summed E-state index contributed by atoms with van der Waals surface area (Å²) in [5, 5.41) is 18.4. The van der Waals surface area contributed by atoms with Crippen LogP contribution in [0, 0.1) is 5.92 Å². The van der Waals surface area contributed by atoms with E-state index in [4.69, 9.17) is 5.11 Å². The summed E-state index contributed by atoms with van der Waals surface area (Å²) in [7, 11) is 0. The third kappa shape index (κ3) is 2.99. The van der Waals surface area contributed by atoms with Gasteiger partial charge in [-0.3, -0.25) is 0 Å². The Labute approximate surface area is 101 Å². The fraction of sp³-hybridized carbons (Fsp3) is 0.500. The average Bonchev–Trinajstić information content (AvgIpc) is 2.32. The topological polar surface area (TPSA) is 57.5 Å². The molecule has 2 N–H and O–H groups in total. The molecule has 0 radical (unpaired) electrons. The van der Waals surface area contributed by atoms with E-state index in [1.54, 1.807) is 6.07 Å². The number of aromatic carboxylic acids is 1. The third-order valence-corrected chi connectivity index (χ3v) is 3.54. The second-order valence-corrected chi connectivity index (χ2v) is 4.86. The molecule has 2 rings (SSSR count). The molecule has 0 atom stereocenters. The first-order valence-electron chi connectivity index (χ1n) is 6.22. The number of aromatic hydroxyl groups is 1. The van der Waals surface area contributed by atoms with Crippen molar-refractivity contribution in [3.8, 4) is 5.75 Å². The molecule has 0 spiro atoms. The van der Waals surface area contributed by atoms with Gasteiger partial charge < -0.3 is 10.2 Å². The van der Waals surface area contributed by atoms with E-state index in [-0.39, 0.29) is 11.3 Å². The summed E-state index contributed by atoms with van der Waals surface area (Å²) in [4.78, 5) is 10.9. The lowest BCUT2D eigenvalue weighted by atomic mass is 9.84. The molecule has 1 aliphatic carbocycles. The van der Waals surface area contributed by atoms with Crippen LogP contribution in [0.5, 0.6) is 5.75 Å². The highest BCUT2D eigenvalue weighted by Gasteiger charge is 2.16. The van der Waals surface area contributed by atoms with Crippen LogP contribution in [0.25, 0.3) is 0 Å². The Morgan fingerprint density at radius 2 is 1.94 bits per heavy atom. The molecule has 1 aromatic rings. The van der Waals surface area contributed by atoms with Gasteiger partial charge in [0, 0.05) is 0 Å². The molecule has 0 aliphatic heterocycles. The lowest BCUT2D eigenvalue weighted by molar-refractivity contribution is 0.0693. The van der Waals surface area contributed by atoms with E-state index in [2.05, 4.69) is 0 Å². The number of benzene rings is 1. The quantitative estimate of drug-likeness (QED) is 0.844. The van der Waals surface area contributed by atoms with Crippen molar-refractivity contribution in [1.82, 2.24) is 0 Å². The highest BCUT2D eigenvalue weighted by Crippen LogP contribution is 2.28. The minimum atomic E-state index is -1.06. The maximum atomic E-state index is 10.9. The van der Waals surface area contributed by atoms with Gasteiger partial charge in [-0.2, -0.15) is 0 Å². The summed E-state index contributed by atoms with van der Waals surface area (Å²) in [6.07, 6.45) is 7.31. The molecule has 1 saturated carbocycles. The van der Waals surface area contributed by atoms with Crippen LogP contribution in [0.4, 0.5) is 0 Å². The molecule has 0 heterocycles. The van der Waals surface area contributed by atoms with Gasteiger partial charge in [-0.25, -0.2) is 4.79 Å². The van der Waals surface area contributed by atoms with Crippen LogP contribution >= 0.6 is 0 Å². The molecule has 0 saturated heterocycles. The van der Waals surface area contributed by atoms with Gasteiger partial charge >= 0.3 is 5.97 Å². The highest BCUT2D eigenvalue weighted by atomic mass is 16.4. The van der Waals surface area contributed by atoms with Crippen molar-refractivity contribution >= 4 is 5.97 Å². The van der Waals surface area contributed by atoms with E-state index in [1.807, 2.05) is 6.07 Å². The first-order chi connectivity index (χ1) is 8.16. The van der Waals surface area contributed by atoms with E-state index in [0.717, 1.165) is 12.0 Å². The first kappa shape index (κ1) is 12.0. The van der Waals surface area contributed by atoms with Crippen molar-refractivity contribution in [3.05, 3.63) is 29.3 Å². The monoisotopic (exact) mass is 234 g/mol. The molecular formula is C14H18O3. The predicted molar refractivity (Wildman–Crippen MR) is 65.3 cm³/mol. The van der Waals surface area contributed by atoms with Gasteiger partial charge in [0.25, 0.3) is 0 Å². The van der Waals surface area contributed by atoms with E-state index in [0.29, 0.717) is 5.92 Å². The minimum Gasteiger partial charge on any atom is -0.507 e. The van der Waals surface area contributed by atoms with Gasteiger partial charge in [0.2, 0.25) is 0 Å². The van der Waals surface area contributed by atoms with Crippen molar-refractivity contribution in [2.24, 2.45) is 5.92 Å². The second-order valence-electron chi connectivity index (χ2n) is 4.86. The SMILES string of the molecule is O=C(O)c1cc(CC2CCCCC2)ccc1O. The van der Waals surface area contributed by atoms with Gasteiger partial charge in [-0.15, -0.1) is 0 Å². The fourth-order valence-electron chi connectivity index (χ4n) is 2.61. The van der Waals surface area contributed by atoms with Crippen molar-refractivity contribution in [2.45, 2.75) is 38.5 Å². The molecule has 3 heteroatoms. The van der Waals surface area contributed by atoms with Gasteiger partial charge in [-0.05, 0) is 30.0 Å². The Morgan fingerprint density at radius 3 is 2.59 bits per heavy atom.